The highest BCUT2D eigenvalue weighted by atomic mass is 35.5. The van der Waals surface area contributed by atoms with Crippen LogP contribution in [0.1, 0.15) is 43.0 Å². The van der Waals surface area contributed by atoms with Gasteiger partial charge in [-0.2, -0.15) is 0 Å². The van der Waals surface area contributed by atoms with Crippen molar-refractivity contribution in [1.29, 1.82) is 0 Å². The summed E-state index contributed by atoms with van der Waals surface area (Å²) < 4.78 is 5.28. The number of hydrogen-bond acceptors (Lipinski definition) is 4. The van der Waals surface area contributed by atoms with Crippen molar-refractivity contribution >= 4 is 29.3 Å². The molecule has 0 unspecified atom stereocenters. The number of hydrogen-bond donors (Lipinski definition) is 1. The van der Waals surface area contributed by atoms with E-state index in [1.807, 2.05) is 6.92 Å². The maximum Gasteiger partial charge on any atom is 0.258 e. The van der Waals surface area contributed by atoms with Crippen molar-refractivity contribution in [2.24, 2.45) is 0 Å². The average molecular weight is 408 g/mol. The van der Waals surface area contributed by atoms with Crippen molar-refractivity contribution in [1.82, 2.24) is 15.1 Å². The molecule has 0 radical (unpaired) electrons. The fourth-order valence-corrected chi connectivity index (χ4v) is 4.07. The second-order valence-electron chi connectivity index (χ2n) is 7.35. The van der Waals surface area contributed by atoms with Crippen molar-refractivity contribution in [3.63, 3.8) is 0 Å². The summed E-state index contributed by atoms with van der Waals surface area (Å²) in [5.74, 6) is 0.110. The van der Waals surface area contributed by atoms with E-state index in [4.69, 9.17) is 16.3 Å². The molecule has 0 spiro atoms. The van der Waals surface area contributed by atoms with Crippen LogP contribution in [-0.4, -0.2) is 66.3 Å². The Balaban J connectivity index is 1.66. The first-order valence-corrected chi connectivity index (χ1v) is 10.0. The van der Waals surface area contributed by atoms with Gasteiger partial charge in [-0.15, -0.1) is 0 Å². The standard InChI is InChI=1S/C20H26ClN3O4/c1-13(12-23-9-4-6-18(23)25)22-19(26)16-5-3-10-24(16)20(27)15-11-14(21)7-8-17(15)28-2/h7-8,11,13,16H,3-6,9-10,12H2,1-2H3,(H,22,26)/t13-,16+/m1/s1. The van der Waals surface area contributed by atoms with Crippen LogP contribution in [0.3, 0.4) is 0 Å². The summed E-state index contributed by atoms with van der Waals surface area (Å²) in [4.78, 5) is 41.0. The van der Waals surface area contributed by atoms with Crippen LogP contribution < -0.4 is 10.1 Å². The van der Waals surface area contributed by atoms with Crippen LogP contribution in [0.15, 0.2) is 18.2 Å². The van der Waals surface area contributed by atoms with E-state index in [9.17, 15) is 14.4 Å². The average Bonchev–Trinajstić information content (AvgIpc) is 3.30. The van der Waals surface area contributed by atoms with E-state index in [-0.39, 0.29) is 23.8 Å². The summed E-state index contributed by atoms with van der Waals surface area (Å²) in [5.41, 5.74) is 0.352. The monoisotopic (exact) mass is 407 g/mol. The quantitative estimate of drug-likeness (QED) is 0.783. The third kappa shape index (κ3) is 4.41. The second kappa shape index (κ2) is 8.82. The molecule has 2 atom stereocenters. The van der Waals surface area contributed by atoms with Crippen molar-refractivity contribution in [2.45, 2.75) is 44.7 Å². The zero-order valence-electron chi connectivity index (χ0n) is 16.2. The predicted molar refractivity (Wildman–Crippen MR) is 105 cm³/mol. The SMILES string of the molecule is COc1ccc(Cl)cc1C(=O)N1CCC[C@H]1C(=O)N[C@H](C)CN1CCCC1=O. The number of rotatable bonds is 6. The van der Waals surface area contributed by atoms with Crippen LogP contribution in [0.5, 0.6) is 5.75 Å². The van der Waals surface area contributed by atoms with E-state index in [2.05, 4.69) is 5.32 Å². The van der Waals surface area contributed by atoms with Gasteiger partial charge in [0, 0.05) is 37.1 Å². The molecule has 2 heterocycles. The Kier molecular flexibility index (Phi) is 6.44. The molecular weight excluding hydrogens is 382 g/mol. The van der Waals surface area contributed by atoms with Gasteiger partial charge in [-0.05, 0) is 44.4 Å². The molecule has 0 saturated carbocycles. The molecule has 2 aliphatic heterocycles. The molecule has 1 aromatic rings. The van der Waals surface area contributed by atoms with Gasteiger partial charge in [-0.25, -0.2) is 0 Å². The number of carbonyl (C=O) groups is 3. The van der Waals surface area contributed by atoms with Crippen LogP contribution in [0.4, 0.5) is 0 Å². The van der Waals surface area contributed by atoms with Crippen molar-refractivity contribution in [3.8, 4) is 5.75 Å². The first kappa shape index (κ1) is 20.5. The molecule has 3 amide bonds. The number of carbonyl (C=O) groups excluding carboxylic acids is 3. The van der Waals surface area contributed by atoms with Gasteiger partial charge in [0.05, 0.1) is 12.7 Å². The third-order valence-electron chi connectivity index (χ3n) is 5.26. The number of nitrogens with zero attached hydrogens (tertiary/aromatic N) is 2. The fraction of sp³-hybridized carbons (Fsp3) is 0.550. The maximum absolute atomic E-state index is 13.1. The summed E-state index contributed by atoms with van der Waals surface area (Å²) in [6, 6.07) is 4.17. The molecule has 3 rings (SSSR count). The van der Waals surface area contributed by atoms with Crippen molar-refractivity contribution in [3.05, 3.63) is 28.8 Å². The van der Waals surface area contributed by atoms with Crippen LogP contribution in [0.2, 0.25) is 5.02 Å². The first-order chi connectivity index (χ1) is 13.4. The number of halogens is 1. The van der Waals surface area contributed by atoms with Crippen LogP contribution in [0, 0.1) is 0 Å². The summed E-state index contributed by atoms with van der Waals surface area (Å²) >= 11 is 6.05. The lowest BCUT2D eigenvalue weighted by Gasteiger charge is -2.27. The van der Waals surface area contributed by atoms with E-state index >= 15 is 0 Å². The summed E-state index contributed by atoms with van der Waals surface area (Å²) in [6.07, 6.45) is 2.81. The minimum Gasteiger partial charge on any atom is -0.496 e. The molecule has 0 bridgehead atoms. The van der Waals surface area contributed by atoms with Crippen molar-refractivity contribution < 1.29 is 19.1 Å². The molecule has 2 aliphatic rings. The van der Waals surface area contributed by atoms with Gasteiger partial charge >= 0.3 is 0 Å². The van der Waals surface area contributed by atoms with Gasteiger partial charge < -0.3 is 19.9 Å². The first-order valence-electron chi connectivity index (χ1n) is 9.63. The topological polar surface area (TPSA) is 79.0 Å². The number of likely N-dealkylation sites (tertiary alicyclic amines) is 2. The van der Waals surface area contributed by atoms with Gasteiger partial charge in [-0.1, -0.05) is 11.6 Å². The molecule has 0 aromatic heterocycles. The smallest absolute Gasteiger partial charge is 0.258 e. The molecule has 28 heavy (non-hydrogen) atoms. The van der Waals surface area contributed by atoms with Gasteiger partial charge in [0.2, 0.25) is 11.8 Å². The van der Waals surface area contributed by atoms with Crippen LogP contribution in [-0.2, 0) is 9.59 Å². The van der Waals surface area contributed by atoms with Crippen molar-refractivity contribution in [2.75, 3.05) is 26.7 Å². The molecule has 0 aliphatic carbocycles. The van der Waals surface area contributed by atoms with Gasteiger partial charge in [0.1, 0.15) is 11.8 Å². The number of methoxy groups -OCH3 is 1. The Hall–Kier alpha value is -2.28. The summed E-state index contributed by atoms with van der Waals surface area (Å²) in [7, 11) is 1.50. The zero-order valence-corrected chi connectivity index (χ0v) is 17.0. The second-order valence-corrected chi connectivity index (χ2v) is 7.79. The molecule has 152 valence electrons. The molecular formula is C20H26ClN3O4. The lowest BCUT2D eigenvalue weighted by atomic mass is 10.1. The largest absolute Gasteiger partial charge is 0.496 e. The van der Waals surface area contributed by atoms with Crippen LogP contribution >= 0.6 is 11.6 Å². The third-order valence-corrected chi connectivity index (χ3v) is 5.50. The Morgan fingerprint density at radius 2 is 2.11 bits per heavy atom. The Bertz CT molecular complexity index is 770. The molecule has 2 saturated heterocycles. The summed E-state index contributed by atoms with van der Waals surface area (Å²) in [6.45, 7) is 3.62. The van der Waals surface area contributed by atoms with E-state index < -0.39 is 6.04 Å². The minimum atomic E-state index is -0.534. The number of nitrogens with one attached hydrogen (secondary N) is 1. The fourth-order valence-electron chi connectivity index (χ4n) is 3.90. The van der Waals surface area contributed by atoms with Crippen LogP contribution in [0.25, 0.3) is 0 Å². The Morgan fingerprint density at radius 3 is 2.79 bits per heavy atom. The number of benzene rings is 1. The molecule has 2 fully saturated rings. The summed E-state index contributed by atoms with van der Waals surface area (Å²) in [5, 5.41) is 3.40. The van der Waals surface area contributed by atoms with Gasteiger partial charge in [0.25, 0.3) is 5.91 Å². The molecule has 8 heteroatoms. The van der Waals surface area contributed by atoms with Gasteiger partial charge in [-0.3, -0.25) is 14.4 Å². The van der Waals surface area contributed by atoms with Gasteiger partial charge in [0.15, 0.2) is 0 Å². The normalized spacial score (nSPS) is 20.4. The number of amides is 3. The predicted octanol–water partition coefficient (Wildman–Crippen LogP) is 2.08. The minimum absolute atomic E-state index is 0.131. The van der Waals surface area contributed by atoms with E-state index in [1.165, 1.54) is 7.11 Å². The molecule has 7 nitrogen and oxygen atoms in total. The van der Waals surface area contributed by atoms with E-state index in [0.717, 1.165) is 19.4 Å². The number of ether oxygens (including phenoxy) is 1. The Labute approximate surface area is 169 Å². The Morgan fingerprint density at radius 1 is 1.32 bits per heavy atom. The molecule has 1 N–H and O–H groups in total. The highest BCUT2D eigenvalue weighted by Gasteiger charge is 2.36. The van der Waals surface area contributed by atoms with E-state index in [1.54, 1.807) is 28.0 Å². The highest BCUT2D eigenvalue weighted by Crippen LogP contribution is 2.27. The molecule has 1 aromatic carbocycles. The zero-order chi connectivity index (χ0) is 20.3. The van der Waals surface area contributed by atoms with E-state index in [0.29, 0.717) is 42.3 Å². The lowest BCUT2D eigenvalue weighted by Crippen LogP contribution is -2.50. The lowest BCUT2D eigenvalue weighted by molar-refractivity contribution is -0.129. The maximum atomic E-state index is 13.1. The highest BCUT2D eigenvalue weighted by molar-refractivity contribution is 6.31.